The molecule has 4 rings (SSSR count). The van der Waals surface area contributed by atoms with Gasteiger partial charge in [0.25, 0.3) is 0 Å². The molecule has 0 aliphatic heterocycles. The van der Waals surface area contributed by atoms with Crippen LogP contribution >= 0.6 is 11.8 Å². The van der Waals surface area contributed by atoms with Crippen LogP contribution in [0.3, 0.4) is 0 Å². The van der Waals surface area contributed by atoms with Crippen LogP contribution in [0.5, 0.6) is 0 Å². The van der Waals surface area contributed by atoms with Gasteiger partial charge in [0.2, 0.25) is 0 Å². The molecule has 134 valence electrons. The van der Waals surface area contributed by atoms with Gasteiger partial charge in [0.1, 0.15) is 0 Å². The first-order valence-corrected chi connectivity index (χ1v) is 9.95. The Morgan fingerprint density at radius 1 is 0.778 bits per heavy atom. The molecule has 0 aliphatic carbocycles. The van der Waals surface area contributed by atoms with Crippen molar-refractivity contribution in [1.82, 2.24) is 14.8 Å². The molecule has 0 aliphatic rings. The van der Waals surface area contributed by atoms with Gasteiger partial charge in [-0.2, -0.15) is 0 Å². The number of hydrogen-bond donors (Lipinski definition) is 0. The maximum Gasteiger partial charge on any atom is 0.196 e. The lowest BCUT2D eigenvalue weighted by Gasteiger charge is -2.10. The van der Waals surface area contributed by atoms with Gasteiger partial charge in [-0.25, -0.2) is 0 Å². The lowest BCUT2D eigenvalue weighted by atomic mass is 10.1. The summed E-state index contributed by atoms with van der Waals surface area (Å²) >= 11 is 1.71. The largest absolute Gasteiger partial charge is 0.270 e. The summed E-state index contributed by atoms with van der Waals surface area (Å²) in [6.07, 6.45) is 0. The van der Waals surface area contributed by atoms with Crippen molar-refractivity contribution in [3.05, 3.63) is 95.6 Å². The molecular formula is C23H21N3S. The maximum absolute atomic E-state index is 4.51. The van der Waals surface area contributed by atoms with Gasteiger partial charge in [0.05, 0.1) is 0 Å². The molecule has 0 atom stereocenters. The summed E-state index contributed by atoms with van der Waals surface area (Å²) in [5.41, 5.74) is 5.94. The van der Waals surface area contributed by atoms with E-state index in [0.29, 0.717) is 0 Å². The van der Waals surface area contributed by atoms with Crippen molar-refractivity contribution < 1.29 is 0 Å². The molecule has 3 nitrogen and oxygen atoms in total. The first-order valence-electron chi connectivity index (χ1n) is 8.97. The molecule has 0 fully saturated rings. The summed E-state index contributed by atoms with van der Waals surface area (Å²) in [4.78, 5) is 0. The number of thioether (sulfide) groups is 1. The Morgan fingerprint density at radius 3 is 2.30 bits per heavy atom. The zero-order valence-electron chi connectivity index (χ0n) is 15.5. The molecule has 27 heavy (non-hydrogen) atoms. The molecule has 1 heterocycles. The van der Waals surface area contributed by atoms with Gasteiger partial charge in [-0.05, 0) is 31.5 Å². The molecule has 0 saturated heterocycles. The summed E-state index contributed by atoms with van der Waals surface area (Å²) in [5.74, 6) is 1.73. The first-order chi connectivity index (χ1) is 13.2. The van der Waals surface area contributed by atoms with Crippen molar-refractivity contribution in [2.75, 3.05) is 0 Å². The van der Waals surface area contributed by atoms with Crippen molar-refractivity contribution in [1.29, 1.82) is 0 Å². The topological polar surface area (TPSA) is 30.7 Å². The Bertz CT molecular complexity index is 1040. The highest BCUT2D eigenvalue weighted by Crippen LogP contribution is 2.30. The minimum atomic E-state index is 0.862. The Morgan fingerprint density at radius 2 is 1.56 bits per heavy atom. The molecule has 0 radical (unpaired) electrons. The van der Waals surface area contributed by atoms with Crippen LogP contribution in [0.2, 0.25) is 0 Å². The lowest BCUT2D eigenvalue weighted by Crippen LogP contribution is -1.99. The highest BCUT2D eigenvalue weighted by molar-refractivity contribution is 7.98. The van der Waals surface area contributed by atoms with Gasteiger partial charge < -0.3 is 0 Å². The SMILES string of the molecule is Cc1ccc(-c2nnc(SCc3cccc(C)c3)n2-c2ccccc2)cc1. The number of nitrogens with zero attached hydrogens (tertiary/aromatic N) is 3. The number of aromatic nitrogens is 3. The predicted octanol–water partition coefficient (Wildman–Crippen LogP) is 5.84. The average Bonchev–Trinajstić information content (AvgIpc) is 3.12. The molecule has 0 N–H and O–H groups in total. The van der Waals surface area contributed by atoms with Gasteiger partial charge >= 0.3 is 0 Å². The van der Waals surface area contributed by atoms with Crippen molar-refractivity contribution >= 4 is 11.8 Å². The highest BCUT2D eigenvalue weighted by Gasteiger charge is 2.16. The molecule has 4 heteroatoms. The first kappa shape index (κ1) is 17.6. The maximum atomic E-state index is 4.51. The van der Waals surface area contributed by atoms with E-state index >= 15 is 0 Å². The molecule has 1 aromatic heterocycles. The standard InChI is InChI=1S/C23H21N3S/c1-17-11-13-20(14-12-17)22-24-25-23(26(22)21-9-4-3-5-10-21)27-16-19-8-6-7-18(2)15-19/h3-15H,16H2,1-2H3. The fourth-order valence-electron chi connectivity index (χ4n) is 3.01. The Hall–Kier alpha value is -2.85. The van der Waals surface area contributed by atoms with E-state index in [0.717, 1.165) is 28.0 Å². The summed E-state index contributed by atoms with van der Waals surface area (Å²) in [6.45, 7) is 4.21. The molecule has 0 bridgehead atoms. The van der Waals surface area contributed by atoms with E-state index in [-0.39, 0.29) is 0 Å². The van der Waals surface area contributed by atoms with Crippen LogP contribution in [0.15, 0.2) is 84.0 Å². The van der Waals surface area contributed by atoms with Gasteiger partial charge in [0, 0.05) is 17.0 Å². The molecule has 0 unspecified atom stereocenters. The van der Waals surface area contributed by atoms with Crippen LogP contribution in [0.1, 0.15) is 16.7 Å². The molecular weight excluding hydrogens is 350 g/mol. The monoisotopic (exact) mass is 371 g/mol. The average molecular weight is 372 g/mol. The third kappa shape index (κ3) is 3.96. The van der Waals surface area contributed by atoms with E-state index < -0.39 is 0 Å². The van der Waals surface area contributed by atoms with E-state index in [1.807, 2.05) is 18.2 Å². The lowest BCUT2D eigenvalue weighted by molar-refractivity contribution is 0.886. The predicted molar refractivity (Wildman–Crippen MR) is 112 cm³/mol. The van der Waals surface area contributed by atoms with E-state index in [2.05, 4.69) is 89.3 Å². The Kier molecular flexibility index (Phi) is 5.07. The van der Waals surface area contributed by atoms with Crippen molar-refractivity contribution in [2.24, 2.45) is 0 Å². The second-order valence-corrected chi connectivity index (χ2v) is 7.56. The van der Waals surface area contributed by atoms with Crippen LogP contribution in [0, 0.1) is 13.8 Å². The third-order valence-electron chi connectivity index (χ3n) is 4.41. The number of hydrogen-bond acceptors (Lipinski definition) is 3. The number of benzene rings is 3. The summed E-state index contributed by atoms with van der Waals surface area (Å²) in [5, 5.41) is 9.92. The highest BCUT2D eigenvalue weighted by atomic mass is 32.2. The summed E-state index contributed by atoms with van der Waals surface area (Å²) in [6, 6.07) is 27.3. The zero-order chi connectivity index (χ0) is 18.6. The number of rotatable bonds is 5. The normalized spacial score (nSPS) is 10.9. The quantitative estimate of drug-likeness (QED) is 0.413. The Labute approximate surface area is 164 Å². The second kappa shape index (κ2) is 7.80. The van der Waals surface area contributed by atoms with Crippen LogP contribution in [-0.2, 0) is 5.75 Å². The van der Waals surface area contributed by atoms with Crippen LogP contribution < -0.4 is 0 Å². The smallest absolute Gasteiger partial charge is 0.196 e. The Balaban J connectivity index is 1.72. The van der Waals surface area contributed by atoms with Crippen molar-refractivity contribution in [3.8, 4) is 17.1 Å². The molecule has 0 spiro atoms. The molecule has 4 aromatic rings. The number of para-hydroxylation sites is 1. The van der Waals surface area contributed by atoms with Crippen molar-refractivity contribution in [3.63, 3.8) is 0 Å². The van der Waals surface area contributed by atoms with Crippen LogP contribution in [0.4, 0.5) is 0 Å². The van der Waals surface area contributed by atoms with E-state index in [1.165, 1.54) is 16.7 Å². The summed E-state index contributed by atoms with van der Waals surface area (Å²) < 4.78 is 2.14. The van der Waals surface area contributed by atoms with Crippen molar-refractivity contribution in [2.45, 2.75) is 24.8 Å². The van der Waals surface area contributed by atoms with Gasteiger partial charge in [-0.3, -0.25) is 4.57 Å². The minimum absolute atomic E-state index is 0.862. The van der Waals surface area contributed by atoms with Crippen LogP contribution in [-0.4, -0.2) is 14.8 Å². The third-order valence-corrected chi connectivity index (χ3v) is 5.41. The fourth-order valence-corrected chi connectivity index (χ4v) is 3.91. The van der Waals surface area contributed by atoms with Gasteiger partial charge in [-0.15, -0.1) is 10.2 Å². The van der Waals surface area contributed by atoms with Crippen LogP contribution in [0.25, 0.3) is 17.1 Å². The zero-order valence-corrected chi connectivity index (χ0v) is 16.3. The van der Waals surface area contributed by atoms with Gasteiger partial charge in [0.15, 0.2) is 11.0 Å². The minimum Gasteiger partial charge on any atom is -0.270 e. The molecule has 0 amide bonds. The number of aryl methyl sites for hydroxylation is 2. The van der Waals surface area contributed by atoms with Gasteiger partial charge in [-0.1, -0.05) is 89.6 Å². The fraction of sp³-hybridized carbons (Fsp3) is 0.130. The molecule has 0 saturated carbocycles. The summed E-state index contributed by atoms with van der Waals surface area (Å²) in [7, 11) is 0. The van der Waals surface area contributed by atoms with E-state index in [1.54, 1.807) is 11.8 Å². The van der Waals surface area contributed by atoms with E-state index in [9.17, 15) is 0 Å². The second-order valence-electron chi connectivity index (χ2n) is 6.62. The van der Waals surface area contributed by atoms with E-state index in [4.69, 9.17) is 0 Å². The molecule has 3 aromatic carbocycles.